The number of hydrogen-bond donors (Lipinski definition) is 1. The van der Waals surface area contributed by atoms with Gasteiger partial charge in [-0.3, -0.25) is 0 Å². The van der Waals surface area contributed by atoms with Crippen molar-refractivity contribution in [3.63, 3.8) is 0 Å². The van der Waals surface area contributed by atoms with Crippen LogP contribution < -0.4 is 5.32 Å². The molecule has 0 saturated carbocycles. The van der Waals surface area contributed by atoms with Gasteiger partial charge >= 0.3 is 0 Å². The Kier molecular flexibility index (Phi) is 2.53. The third kappa shape index (κ3) is 1.90. The van der Waals surface area contributed by atoms with Crippen molar-refractivity contribution in [2.75, 3.05) is 19.7 Å². The van der Waals surface area contributed by atoms with Gasteiger partial charge < -0.3 is 10.1 Å². The summed E-state index contributed by atoms with van der Waals surface area (Å²) in [6.07, 6.45) is 11.4. The molecule has 0 aromatic rings. The van der Waals surface area contributed by atoms with Crippen LogP contribution in [0.3, 0.4) is 0 Å². The van der Waals surface area contributed by atoms with Gasteiger partial charge in [0.2, 0.25) is 0 Å². The van der Waals surface area contributed by atoms with Crippen molar-refractivity contribution in [2.24, 2.45) is 5.41 Å². The molecule has 1 fully saturated rings. The third-order valence-corrected chi connectivity index (χ3v) is 4.15. The van der Waals surface area contributed by atoms with Crippen LogP contribution in [-0.2, 0) is 4.74 Å². The Morgan fingerprint density at radius 3 is 2.59 bits per heavy atom. The van der Waals surface area contributed by atoms with Crippen LogP contribution in [0.15, 0.2) is 35.5 Å². The quantitative estimate of drug-likeness (QED) is 0.692. The molecule has 0 atom stereocenters. The maximum Gasteiger partial charge on any atom is 0.0963 e. The molecule has 0 aromatic carbocycles. The van der Waals surface area contributed by atoms with Crippen LogP contribution in [-0.4, -0.2) is 25.3 Å². The predicted octanol–water partition coefficient (Wildman–Crippen LogP) is 2.59. The third-order valence-electron chi connectivity index (χ3n) is 4.15. The van der Waals surface area contributed by atoms with Crippen molar-refractivity contribution < 1.29 is 4.74 Å². The SMILES string of the molecule is CC1(C)C=CC2=C(C=C1)C1(CCNCC1)OC2. The summed E-state index contributed by atoms with van der Waals surface area (Å²) in [5.41, 5.74) is 2.98. The minimum Gasteiger partial charge on any atom is -0.365 e. The normalized spacial score (nSPS) is 29.5. The van der Waals surface area contributed by atoms with E-state index >= 15 is 0 Å². The summed E-state index contributed by atoms with van der Waals surface area (Å²) in [5.74, 6) is 0. The zero-order chi connectivity index (χ0) is 11.9. The van der Waals surface area contributed by atoms with Crippen LogP contribution in [0.4, 0.5) is 0 Å². The lowest BCUT2D eigenvalue weighted by molar-refractivity contribution is -0.00356. The maximum absolute atomic E-state index is 6.14. The summed E-state index contributed by atoms with van der Waals surface area (Å²) < 4.78 is 6.14. The number of rotatable bonds is 0. The molecule has 2 nitrogen and oxygen atoms in total. The molecule has 0 bridgehead atoms. The number of hydrogen-bond acceptors (Lipinski definition) is 2. The molecule has 2 heteroatoms. The smallest absolute Gasteiger partial charge is 0.0963 e. The van der Waals surface area contributed by atoms with Crippen molar-refractivity contribution in [3.8, 4) is 0 Å². The van der Waals surface area contributed by atoms with E-state index < -0.39 is 0 Å². The molecule has 2 aliphatic heterocycles. The first-order valence-electron chi connectivity index (χ1n) is 6.58. The largest absolute Gasteiger partial charge is 0.365 e. The fourth-order valence-electron chi connectivity index (χ4n) is 2.97. The zero-order valence-electron chi connectivity index (χ0n) is 10.8. The zero-order valence-corrected chi connectivity index (χ0v) is 10.8. The van der Waals surface area contributed by atoms with Gasteiger partial charge in [0.1, 0.15) is 0 Å². The number of fused-ring (bicyclic) bond motifs is 1. The Bertz CT molecular complexity index is 409. The van der Waals surface area contributed by atoms with Gasteiger partial charge in [-0.15, -0.1) is 0 Å². The molecule has 0 amide bonds. The van der Waals surface area contributed by atoms with E-state index in [4.69, 9.17) is 4.74 Å². The summed E-state index contributed by atoms with van der Waals surface area (Å²) in [6.45, 7) is 7.41. The van der Waals surface area contributed by atoms with E-state index in [1.54, 1.807) is 0 Å². The van der Waals surface area contributed by atoms with E-state index in [1.807, 2.05) is 0 Å². The molecule has 1 N–H and O–H groups in total. The van der Waals surface area contributed by atoms with E-state index in [0.29, 0.717) is 0 Å². The van der Waals surface area contributed by atoms with Crippen molar-refractivity contribution in [3.05, 3.63) is 35.5 Å². The highest BCUT2D eigenvalue weighted by molar-refractivity contribution is 5.47. The van der Waals surface area contributed by atoms with Crippen LogP contribution in [0.25, 0.3) is 0 Å². The number of ether oxygens (including phenoxy) is 1. The van der Waals surface area contributed by atoms with Gasteiger partial charge in [-0.1, -0.05) is 38.2 Å². The van der Waals surface area contributed by atoms with Gasteiger partial charge in [-0.25, -0.2) is 0 Å². The molecule has 0 aromatic heterocycles. The Morgan fingerprint density at radius 1 is 1.12 bits per heavy atom. The minimum absolute atomic E-state index is 0.00183. The fourth-order valence-corrected chi connectivity index (χ4v) is 2.97. The summed E-state index contributed by atoms with van der Waals surface area (Å²) >= 11 is 0. The second-order valence-corrected chi connectivity index (χ2v) is 5.96. The Morgan fingerprint density at radius 2 is 1.82 bits per heavy atom. The van der Waals surface area contributed by atoms with Gasteiger partial charge in [-0.2, -0.15) is 0 Å². The van der Waals surface area contributed by atoms with Crippen molar-refractivity contribution in [1.82, 2.24) is 5.32 Å². The van der Waals surface area contributed by atoms with Crippen molar-refractivity contribution in [2.45, 2.75) is 32.3 Å². The van der Waals surface area contributed by atoms with Crippen molar-refractivity contribution in [1.29, 1.82) is 0 Å². The molecular formula is C15H21NO. The fraction of sp³-hybridized carbons (Fsp3) is 0.600. The molecule has 1 saturated heterocycles. The molecule has 2 heterocycles. The van der Waals surface area contributed by atoms with Gasteiger partial charge in [0, 0.05) is 5.41 Å². The second kappa shape index (κ2) is 3.82. The van der Waals surface area contributed by atoms with Crippen LogP contribution in [0.2, 0.25) is 0 Å². The number of nitrogens with one attached hydrogen (secondary N) is 1. The first kappa shape index (κ1) is 11.2. The molecule has 0 unspecified atom stereocenters. The number of piperidine rings is 1. The van der Waals surface area contributed by atoms with Crippen LogP contribution >= 0.6 is 0 Å². The summed E-state index contributed by atoms with van der Waals surface area (Å²) in [6, 6.07) is 0. The number of allylic oxidation sites excluding steroid dienone is 2. The van der Waals surface area contributed by atoms with Gasteiger partial charge in [0.25, 0.3) is 0 Å². The molecule has 0 radical (unpaired) electrons. The average molecular weight is 231 g/mol. The highest BCUT2D eigenvalue weighted by Gasteiger charge is 2.41. The standard InChI is InChI=1S/C15H21NO/c1-14(2)5-3-12-11-17-15(13(12)4-6-14)7-9-16-10-8-15/h3-6,16H,7-11H2,1-2H3. The Balaban J connectivity index is 1.97. The van der Waals surface area contributed by atoms with E-state index in [2.05, 4.69) is 43.5 Å². The average Bonchev–Trinajstić information content (AvgIpc) is 2.54. The molecule has 1 spiro atoms. The topological polar surface area (TPSA) is 21.3 Å². The van der Waals surface area contributed by atoms with E-state index in [9.17, 15) is 0 Å². The van der Waals surface area contributed by atoms with E-state index in [1.165, 1.54) is 11.1 Å². The monoisotopic (exact) mass is 231 g/mol. The van der Waals surface area contributed by atoms with Crippen LogP contribution in [0.5, 0.6) is 0 Å². The predicted molar refractivity (Wildman–Crippen MR) is 69.9 cm³/mol. The first-order valence-corrected chi connectivity index (χ1v) is 6.58. The van der Waals surface area contributed by atoms with Gasteiger partial charge in [0.15, 0.2) is 0 Å². The lowest BCUT2D eigenvalue weighted by atomic mass is 9.83. The molecular weight excluding hydrogens is 210 g/mol. The van der Waals surface area contributed by atoms with E-state index in [0.717, 1.165) is 32.5 Å². The summed E-state index contributed by atoms with van der Waals surface area (Å²) in [5, 5.41) is 3.42. The second-order valence-electron chi connectivity index (χ2n) is 5.96. The molecule has 92 valence electrons. The summed E-state index contributed by atoms with van der Waals surface area (Å²) in [4.78, 5) is 0. The van der Waals surface area contributed by atoms with Gasteiger partial charge in [-0.05, 0) is 37.1 Å². The van der Waals surface area contributed by atoms with Crippen LogP contribution in [0, 0.1) is 5.41 Å². The molecule has 3 rings (SSSR count). The van der Waals surface area contributed by atoms with Crippen molar-refractivity contribution >= 4 is 0 Å². The lowest BCUT2D eigenvalue weighted by Gasteiger charge is -2.35. The molecule has 3 aliphatic rings. The van der Waals surface area contributed by atoms with E-state index in [-0.39, 0.29) is 11.0 Å². The Hall–Kier alpha value is -0.860. The maximum atomic E-state index is 6.14. The Labute approximate surface area is 103 Å². The first-order chi connectivity index (χ1) is 8.11. The lowest BCUT2D eigenvalue weighted by Crippen LogP contribution is -2.43. The van der Waals surface area contributed by atoms with Gasteiger partial charge in [0.05, 0.1) is 12.2 Å². The molecule has 17 heavy (non-hydrogen) atoms. The highest BCUT2D eigenvalue weighted by atomic mass is 16.5. The highest BCUT2D eigenvalue weighted by Crippen LogP contribution is 2.42. The summed E-state index contributed by atoms with van der Waals surface area (Å²) in [7, 11) is 0. The van der Waals surface area contributed by atoms with Crippen LogP contribution in [0.1, 0.15) is 26.7 Å². The molecule has 1 aliphatic carbocycles. The minimum atomic E-state index is 0.00183.